The molecule has 1 atom stereocenters. The average Bonchev–Trinajstić information content (AvgIpc) is 2.32. The zero-order valence-corrected chi connectivity index (χ0v) is 11.2. The molecule has 1 rings (SSSR count). The molecule has 0 aliphatic carbocycles. The summed E-state index contributed by atoms with van der Waals surface area (Å²) in [5.74, 6) is -4.12. The molecule has 0 spiro atoms. The summed E-state index contributed by atoms with van der Waals surface area (Å²) >= 11 is 0. The van der Waals surface area contributed by atoms with Crippen molar-refractivity contribution < 1.29 is 32.3 Å². The van der Waals surface area contributed by atoms with Crippen LogP contribution in [0, 0.1) is 11.7 Å². The molecular weight excluding hydrogens is 294 g/mol. The van der Waals surface area contributed by atoms with Gasteiger partial charge in [-0.1, -0.05) is 13.8 Å². The second-order valence-corrected chi connectivity index (χ2v) is 4.76. The first-order valence-electron chi connectivity index (χ1n) is 5.94. The zero-order valence-electron chi connectivity index (χ0n) is 11.2. The minimum Gasteiger partial charge on any atom is -0.480 e. The second kappa shape index (κ2) is 6.11. The van der Waals surface area contributed by atoms with E-state index in [1.807, 2.05) is 0 Å². The van der Waals surface area contributed by atoms with Gasteiger partial charge >= 0.3 is 12.1 Å². The molecule has 0 aliphatic heterocycles. The van der Waals surface area contributed by atoms with Crippen LogP contribution >= 0.6 is 0 Å². The lowest BCUT2D eigenvalue weighted by Gasteiger charge is -2.18. The maximum absolute atomic E-state index is 13.2. The summed E-state index contributed by atoms with van der Waals surface area (Å²) in [7, 11) is 0. The normalized spacial score (nSPS) is 13.1. The Hall–Kier alpha value is -2.12. The quantitative estimate of drug-likeness (QED) is 0.841. The molecule has 2 N–H and O–H groups in total. The largest absolute Gasteiger partial charge is 0.480 e. The van der Waals surface area contributed by atoms with Gasteiger partial charge in [0, 0.05) is 5.56 Å². The van der Waals surface area contributed by atoms with Crippen LogP contribution in [0.2, 0.25) is 0 Å². The number of nitrogens with one attached hydrogen (secondary N) is 1. The molecule has 0 aliphatic rings. The maximum atomic E-state index is 13.2. The maximum Gasteiger partial charge on any atom is 0.416 e. The Morgan fingerprint density at radius 1 is 1.19 bits per heavy atom. The summed E-state index contributed by atoms with van der Waals surface area (Å²) in [6, 6.07) is 0.0603. The molecule has 0 saturated carbocycles. The molecule has 0 radical (unpaired) electrons. The van der Waals surface area contributed by atoms with Crippen molar-refractivity contribution in [2.24, 2.45) is 5.92 Å². The first-order valence-corrected chi connectivity index (χ1v) is 5.94. The van der Waals surface area contributed by atoms with Crippen LogP contribution in [0.3, 0.4) is 0 Å². The van der Waals surface area contributed by atoms with Crippen molar-refractivity contribution in [1.29, 1.82) is 0 Å². The summed E-state index contributed by atoms with van der Waals surface area (Å²) < 4.78 is 50.8. The highest BCUT2D eigenvalue weighted by atomic mass is 19.4. The number of hydrogen-bond acceptors (Lipinski definition) is 2. The predicted octanol–water partition coefficient (Wildman–Crippen LogP) is 2.68. The van der Waals surface area contributed by atoms with E-state index in [4.69, 9.17) is 5.11 Å². The Kier molecular flexibility index (Phi) is 4.93. The number of carboxylic acid groups (broad SMARTS) is 1. The number of amides is 1. The van der Waals surface area contributed by atoms with E-state index in [1.165, 1.54) is 13.8 Å². The first-order chi connectivity index (χ1) is 9.52. The third-order valence-electron chi connectivity index (χ3n) is 2.71. The van der Waals surface area contributed by atoms with Crippen LogP contribution < -0.4 is 5.32 Å². The standard InChI is InChI=1S/C13H13F4NO3/c1-6(2)10(12(20)21)18-11(19)7-3-8(13(15,16)17)5-9(14)4-7/h3-6,10H,1-2H3,(H,18,19)(H,20,21)/t10-/m0/s1. The summed E-state index contributed by atoms with van der Waals surface area (Å²) in [4.78, 5) is 22.7. The predicted molar refractivity (Wildman–Crippen MR) is 65.1 cm³/mol. The van der Waals surface area contributed by atoms with Gasteiger partial charge in [-0.15, -0.1) is 0 Å². The molecule has 8 heteroatoms. The van der Waals surface area contributed by atoms with E-state index >= 15 is 0 Å². The van der Waals surface area contributed by atoms with E-state index < -0.39 is 47.0 Å². The molecule has 1 aromatic carbocycles. The Balaban J connectivity index is 3.08. The SMILES string of the molecule is CC(C)[C@H](NC(=O)c1cc(F)cc(C(F)(F)F)c1)C(=O)O. The smallest absolute Gasteiger partial charge is 0.416 e. The van der Waals surface area contributed by atoms with Gasteiger partial charge in [0.05, 0.1) is 5.56 Å². The summed E-state index contributed by atoms with van der Waals surface area (Å²) in [5, 5.41) is 11.0. The summed E-state index contributed by atoms with van der Waals surface area (Å²) in [6.07, 6.45) is -4.80. The fraction of sp³-hybridized carbons (Fsp3) is 0.385. The van der Waals surface area contributed by atoms with Gasteiger partial charge in [0.2, 0.25) is 0 Å². The number of aliphatic carboxylic acids is 1. The van der Waals surface area contributed by atoms with Crippen LogP contribution in [0.1, 0.15) is 29.8 Å². The number of carbonyl (C=O) groups excluding carboxylic acids is 1. The molecule has 0 heterocycles. The number of hydrogen-bond donors (Lipinski definition) is 2. The fourth-order valence-corrected chi connectivity index (χ4v) is 1.62. The van der Waals surface area contributed by atoms with Crippen LogP contribution in [0.15, 0.2) is 18.2 Å². The minimum absolute atomic E-state index is 0.258. The van der Waals surface area contributed by atoms with Gasteiger partial charge in [-0.3, -0.25) is 4.79 Å². The van der Waals surface area contributed by atoms with E-state index in [2.05, 4.69) is 5.32 Å². The third kappa shape index (κ3) is 4.44. The van der Waals surface area contributed by atoms with E-state index in [0.29, 0.717) is 12.1 Å². The van der Waals surface area contributed by atoms with Crippen LogP contribution in [0.5, 0.6) is 0 Å². The van der Waals surface area contributed by atoms with Gasteiger partial charge in [-0.25, -0.2) is 9.18 Å². The van der Waals surface area contributed by atoms with E-state index in [1.54, 1.807) is 0 Å². The van der Waals surface area contributed by atoms with Gasteiger partial charge in [0.25, 0.3) is 5.91 Å². The number of benzene rings is 1. The topological polar surface area (TPSA) is 66.4 Å². The van der Waals surface area contributed by atoms with Crippen molar-refractivity contribution in [3.05, 3.63) is 35.1 Å². The highest BCUT2D eigenvalue weighted by Gasteiger charge is 2.32. The minimum atomic E-state index is -4.80. The number of carboxylic acids is 1. The molecule has 0 saturated heterocycles. The lowest BCUT2D eigenvalue weighted by Crippen LogP contribution is -2.44. The van der Waals surface area contributed by atoms with Gasteiger partial charge in [0.15, 0.2) is 0 Å². The monoisotopic (exact) mass is 307 g/mol. The second-order valence-electron chi connectivity index (χ2n) is 4.76. The van der Waals surface area contributed by atoms with Crippen LogP contribution in [-0.4, -0.2) is 23.0 Å². The van der Waals surface area contributed by atoms with Gasteiger partial charge in [-0.2, -0.15) is 13.2 Å². The molecule has 0 aromatic heterocycles. The number of carbonyl (C=O) groups is 2. The third-order valence-corrected chi connectivity index (χ3v) is 2.71. The molecule has 1 aromatic rings. The summed E-state index contributed by atoms with van der Waals surface area (Å²) in [6.45, 7) is 3.04. The molecule has 116 valence electrons. The summed E-state index contributed by atoms with van der Waals surface area (Å²) in [5.41, 5.74) is -1.90. The number of halogens is 4. The zero-order chi connectivity index (χ0) is 16.4. The van der Waals surface area contributed by atoms with Crippen LogP contribution in [0.25, 0.3) is 0 Å². The van der Waals surface area contributed by atoms with Crippen molar-refractivity contribution in [2.75, 3.05) is 0 Å². The molecule has 21 heavy (non-hydrogen) atoms. The van der Waals surface area contributed by atoms with Gasteiger partial charge in [-0.05, 0) is 24.1 Å². The molecule has 0 fully saturated rings. The Bertz CT molecular complexity index is 555. The Morgan fingerprint density at radius 3 is 2.19 bits per heavy atom. The number of alkyl halides is 3. The van der Waals surface area contributed by atoms with Crippen molar-refractivity contribution in [1.82, 2.24) is 5.32 Å². The molecular formula is C13H13F4NO3. The Morgan fingerprint density at radius 2 is 1.76 bits per heavy atom. The van der Waals surface area contributed by atoms with Crippen molar-refractivity contribution in [3.63, 3.8) is 0 Å². The lowest BCUT2D eigenvalue weighted by molar-refractivity contribution is -0.140. The van der Waals surface area contributed by atoms with Crippen LogP contribution in [0.4, 0.5) is 17.6 Å². The first kappa shape index (κ1) is 16.9. The average molecular weight is 307 g/mol. The van der Waals surface area contributed by atoms with Gasteiger partial charge in [0.1, 0.15) is 11.9 Å². The molecule has 4 nitrogen and oxygen atoms in total. The number of rotatable bonds is 4. The highest BCUT2D eigenvalue weighted by molar-refractivity contribution is 5.96. The Labute approximate surface area is 117 Å². The van der Waals surface area contributed by atoms with E-state index in [9.17, 15) is 27.2 Å². The molecule has 1 amide bonds. The van der Waals surface area contributed by atoms with Crippen molar-refractivity contribution in [3.8, 4) is 0 Å². The van der Waals surface area contributed by atoms with Gasteiger partial charge < -0.3 is 10.4 Å². The van der Waals surface area contributed by atoms with Crippen molar-refractivity contribution in [2.45, 2.75) is 26.1 Å². The molecule has 0 unspecified atom stereocenters. The van der Waals surface area contributed by atoms with E-state index in [-0.39, 0.29) is 6.07 Å². The van der Waals surface area contributed by atoms with Crippen molar-refractivity contribution >= 4 is 11.9 Å². The highest BCUT2D eigenvalue weighted by Crippen LogP contribution is 2.30. The van der Waals surface area contributed by atoms with E-state index in [0.717, 1.165) is 0 Å². The fourth-order valence-electron chi connectivity index (χ4n) is 1.62. The lowest BCUT2D eigenvalue weighted by atomic mass is 10.0. The van der Waals surface area contributed by atoms with Crippen LogP contribution in [-0.2, 0) is 11.0 Å². The molecule has 0 bridgehead atoms.